The van der Waals surface area contributed by atoms with Crippen LogP contribution in [0.2, 0.25) is 0 Å². The molecule has 0 aliphatic rings. The molecule has 0 atom stereocenters. The molecule has 0 aliphatic heterocycles. The van der Waals surface area contributed by atoms with Crippen molar-refractivity contribution in [2.24, 2.45) is 11.7 Å². The molecule has 0 unspecified atom stereocenters. The van der Waals surface area contributed by atoms with Gasteiger partial charge in [-0.15, -0.1) is 0 Å². The maximum atomic E-state index is 5.49. The Labute approximate surface area is 97.9 Å². The maximum Gasteiger partial charge on any atom is 0.131 e. The van der Waals surface area contributed by atoms with E-state index in [-0.39, 0.29) is 0 Å². The van der Waals surface area contributed by atoms with Crippen LogP contribution in [0, 0.1) is 5.92 Å². The summed E-state index contributed by atoms with van der Waals surface area (Å²) in [5.74, 6) is 2.53. The number of nitrogens with two attached hydrogens (primary N) is 1. The quantitative estimate of drug-likeness (QED) is 0.791. The van der Waals surface area contributed by atoms with E-state index in [1.165, 1.54) is 6.42 Å². The monoisotopic (exact) mass is 222 g/mol. The Morgan fingerprint density at radius 1 is 1.44 bits per heavy atom. The minimum atomic E-state index is 0.596. The standard InChI is InChI=1S/C12H22N4/c1-10(2)6-9-16(3)12-5-8-14-11(15-12)4-7-13/h5,8,10H,4,6-7,9,13H2,1-3H3. The molecule has 90 valence electrons. The maximum absolute atomic E-state index is 5.49. The summed E-state index contributed by atoms with van der Waals surface area (Å²) in [6.07, 6.45) is 3.72. The smallest absolute Gasteiger partial charge is 0.131 e. The molecule has 1 heterocycles. The topological polar surface area (TPSA) is 55.0 Å². The minimum Gasteiger partial charge on any atom is -0.360 e. The number of nitrogens with zero attached hydrogens (tertiary/aromatic N) is 3. The zero-order valence-corrected chi connectivity index (χ0v) is 10.5. The van der Waals surface area contributed by atoms with E-state index in [1.54, 1.807) is 6.20 Å². The van der Waals surface area contributed by atoms with Crippen molar-refractivity contribution >= 4 is 5.82 Å². The van der Waals surface area contributed by atoms with Gasteiger partial charge in [0.25, 0.3) is 0 Å². The third-order valence-electron chi connectivity index (χ3n) is 2.49. The van der Waals surface area contributed by atoms with E-state index in [4.69, 9.17) is 5.73 Å². The Kier molecular flexibility index (Phi) is 5.19. The molecule has 0 saturated heterocycles. The molecule has 1 aromatic rings. The van der Waals surface area contributed by atoms with E-state index >= 15 is 0 Å². The number of hydrogen-bond acceptors (Lipinski definition) is 4. The van der Waals surface area contributed by atoms with Crippen LogP contribution in [0.25, 0.3) is 0 Å². The van der Waals surface area contributed by atoms with E-state index in [9.17, 15) is 0 Å². The van der Waals surface area contributed by atoms with Crippen LogP contribution in [-0.2, 0) is 6.42 Å². The molecular weight excluding hydrogens is 200 g/mol. The van der Waals surface area contributed by atoms with E-state index in [1.807, 2.05) is 6.07 Å². The Morgan fingerprint density at radius 3 is 2.81 bits per heavy atom. The van der Waals surface area contributed by atoms with Crippen LogP contribution in [0.5, 0.6) is 0 Å². The molecule has 0 aliphatic carbocycles. The van der Waals surface area contributed by atoms with Crippen LogP contribution in [0.15, 0.2) is 12.3 Å². The summed E-state index contributed by atoms with van der Waals surface area (Å²) >= 11 is 0. The lowest BCUT2D eigenvalue weighted by Gasteiger charge is -2.19. The lowest BCUT2D eigenvalue weighted by molar-refractivity contribution is 0.583. The molecule has 0 amide bonds. The second-order valence-electron chi connectivity index (χ2n) is 4.47. The van der Waals surface area contributed by atoms with Crippen LogP contribution in [0.4, 0.5) is 5.82 Å². The van der Waals surface area contributed by atoms with Gasteiger partial charge >= 0.3 is 0 Å². The average Bonchev–Trinajstić information content (AvgIpc) is 2.26. The highest BCUT2D eigenvalue weighted by Gasteiger charge is 2.05. The second-order valence-corrected chi connectivity index (χ2v) is 4.47. The molecule has 0 spiro atoms. The van der Waals surface area contributed by atoms with E-state index in [0.717, 1.165) is 24.6 Å². The highest BCUT2D eigenvalue weighted by Crippen LogP contribution is 2.10. The summed E-state index contributed by atoms with van der Waals surface area (Å²) in [5.41, 5.74) is 5.49. The normalized spacial score (nSPS) is 10.8. The van der Waals surface area contributed by atoms with Crippen molar-refractivity contribution < 1.29 is 0 Å². The van der Waals surface area contributed by atoms with E-state index in [0.29, 0.717) is 12.5 Å². The molecule has 0 bridgehead atoms. The largest absolute Gasteiger partial charge is 0.360 e. The Morgan fingerprint density at radius 2 is 2.19 bits per heavy atom. The minimum absolute atomic E-state index is 0.596. The number of rotatable bonds is 6. The second kappa shape index (κ2) is 6.43. The van der Waals surface area contributed by atoms with Crippen molar-refractivity contribution in [1.82, 2.24) is 9.97 Å². The van der Waals surface area contributed by atoms with Gasteiger partial charge in [-0.05, 0) is 24.9 Å². The number of hydrogen-bond donors (Lipinski definition) is 1. The van der Waals surface area contributed by atoms with Crippen LogP contribution >= 0.6 is 0 Å². The zero-order valence-electron chi connectivity index (χ0n) is 10.5. The molecule has 0 aromatic carbocycles. The lowest BCUT2D eigenvalue weighted by atomic mass is 10.1. The first-order valence-electron chi connectivity index (χ1n) is 5.86. The van der Waals surface area contributed by atoms with Crippen LogP contribution in [0.1, 0.15) is 26.1 Å². The first-order chi connectivity index (χ1) is 7.63. The third-order valence-corrected chi connectivity index (χ3v) is 2.49. The fourth-order valence-electron chi connectivity index (χ4n) is 1.42. The van der Waals surface area contributed by atoms with Gasteiger partial charge in [0, 0.05) is 26.2 Å². The molecule has 4 heteroatoms. The van der Waals surface area contributed by atoms with E-state index < -0.39 is 0 Å². The van der Waals surface area contributed by atoms with Crippen molar-refractivity contribution in [3.05, 3.63) is 18.1 Å². The predicted octanol–water partition coefficient (Wildman–Crippen LogP) is 1.46. The number of aromatic nitrogens is 2. The van der Waals surface area contributed by atoms with Gasteiger partial charge in [0.1, 0.15) is 11.6 Å². The first kappa shape index (κ1) is 12.9. The summed E-state index contributed by atoms with van der Waals surface area (Å²) < 4.78 is 0. The molecule has 4 nitrogen and oxygen atoms in total. The fraction of sp³-hybridized carbons (Fsp3) is 0.667. The molecule has 0 fully saturated rings. The summed E-state index contributed by atoms with van der Waals surface area (Å²) in [4.78, 5) is 10.8. The molecule has 0 saturated carbocycles. The molecule has 1 rings (SSSR count). The Bertz CT molecular complexity index is 312. The van der Waals surface area contributed by atoms with Crippen LogP contribution < -0.4 is 10.6 Å². The molecule has 2 N–H and O–H groups in total. The summed E-state index contributed by atoms with van der Waals surface area (Å²) in [7, 11) is 2.07. The van der Waals surface area contributed by atoms with Gasteiger partial charge in [-0.3, -0.25) is 0 Å². The molecule has 1 aromatic heterocycles. The highest BCUT2D eigenvalue weighted by atomic mass is 15.2. The Hall–Kier alpha value is -1.16. The predicted molar refractivity (Wildman–Crippen MR) is 67.5 cm³/mol. The zero-order chi connectivity index (χ0) is 12.0. The van der Waals surface area contributed by atoms with E-state index in [2.05, 4.69) is 35.8 Å². The fourth-order valence-corrected chi connectivity index (χ4v) is 1.42. The van der Waals surface area contributed by atoms with Gasteiger partial charge in [-0.1, -0.05) is 13.8 Å². The lowest BCUT2D eigenvalue weighted by Crippen LogP contribution is -2.21. The number of anilines is 1. The van der Waals surface area contributed by atoms with Crippen molar-refractivity contribution in [1.29, 1.82) is 0 Å². The first-order valence-corrected chi connectivity index (χ1v) is 5.86. The summed E-state index contributed by atoms with van der Waals surface area (Å²) in [6, 6.07) is 1.94. The highest BCUT2D eigenvalue weighted by molar-refractivity contribution is 5.36. The van der Waals surface area contributed by atoms with Crippen LogP contribution in [0.3, 0.4) is 0 Å². The van der Waals surface area contributed by atoms with Crippen molar-refractivity contribution in [3.8, 4) is 0 Å². The average molecular weight is 222 g/mol. The molecular formula is C12H22N4. The molecule has 16 heavy (non-hydrogen) atoms. The van der Waals surface area contributed by atoms with Crippen molar-refractivity contribution in [2.75, 3.05) is 25.0 Å². The van der Waals surface area contributed by atoms with Gasteiger partial charge < -0.3 is 10.6 Å². The van der Waals surface area contributed by atoms with Gasteiger partial charge in [0.05, 0.1) is 0 Å². The van der Waals surface area contributed by atoms with Gasteiger partial charge in [-0.2, -0.15) is 0 Å². The van der Waals surface area contributed by atoms with Gasteiger partial charge in [0.2, 0.25) is 0 Å². The van der Waals surface area contributed by atoms with Crippen molar-refractivity contribution in [3.63, 3.8) is 0 Å². The SMILES string of the molecule is CC(C)CCN(C)c1ccnc(CCN)n1. The summed E-state index contributed by atoms with van der Waals surface area (Å²) in [6.45, 7) is 6.08. The third kappa shape index (κ3) is 4.14. The van der Waals surface area contributed by atoms with Crippen LogP contribution in [-0.4, -0.2) is 30.1 Å². The summed E-state index contributed by atoms with van der Waals surface area (Å²) in [5, 5.41) is 0. The van der Waals surface area contributed by atoms with Gasteiger partial charge in [0.15, 0.2) is 0 Å². The Balaban J connectivity index is 2.60. The molecule has 0 radical (unpaired) electrons. The van der Waals surface area contributed by atoms with Crippen molar-refractivity contribution in [2.45, 2.75) is 26.7 Å². The van der Waals surface area contributed by atoms with Gasteiger partial charge in [-0.25, -0.2) is 9.97 Å².